The second-order valence-electron chi connectivity index (χ2n) is 4.53. The molecule has 4 heteroatoms. The molecule has 0 aliphatic carbocycles. The molecule has 2 aromatic rings. The van der Waals surface area contributed by atoms with Crippen LogP contribution in [0.15, 0.2) is 46.9 Å². The predicted octanol–water partition coefficient (Wildman–Crippen LogP) is 4.04. The smallest absolute Gasteiger partial charge is 0.258 e. The molecule has 104 valence electrons. The molecule has 0 bridgehead atoms. The van der Waals surface area contributed by atoms with Gasteiger partial charge in [-0.15, -0.1) is 0 Å². The van der Waals surface area contributed by atoms with Crippen LogP contribution < -0.4 is 9.64 Å². The van der Waals surface area contributed by atoms with Gasteiger partial charge in [0.15, 0.2) is 0 Å². The van der Waals surface area contributed by atoms with Crippen LogP contribution in [0.2, 0.25) is 0 Å². The largest absolute Gasteiger partial charge is 0.497 e. The fraction of sp³-hybridized carbons (Fsp3) is 0.188. The maximum absolute atomic E-state index is 12.4. The Morgan fingerprint density at radius 2 is 1.80 bits per heavy atom. The van der Waals surface area contributed by atoms with Crippen LogP contribution in [0.4, 0.5) is 5.69 Å². The normalized spacial score (nSPS) is 10.2. The number of methoxy groups -OCH3 is 1. The van der Waals surface area contributed by atoms with E-state index in [2.05, 4.69) is 15.9 Å². The lowest BCUT2D eigenvalue weighted by molar-refractivity contribution is 0.0993. The molecule has 20 heavy (non-hydrogen) atoms. The molecule has 0 fully saturated rings. The molecule has 0 radical (unpaired) electrons. The van der Waals surface area contributed by atoms with Gasteiger partial charge in [-0.3, -0.25) is 4.79 Å². The molecule has 0 spiro atoms. The first-order chi connectivity index (χ1) is 9.52. The minimum Gasteiger partial charge on any atom is -0.497 e. The Labute approximate surface area is 127 Å². The van der Waals surface area contributed by atoms with Crippen LogP contribution in [-0.2, 0) is 0 Å². The number of ether oxygens (including phenoxy) is 1. The number of halogens is 1. The van der Waals surface area contributed by atoms with Crippen LogP contribution in [-0.4, -0.2) is 20.1 Å². The van der Waals surface area contributed by atoms with Gasteiger partial charge in [0.2, 0.25) is 0 Å². The molecule has 0 atom stereocenters. The number of nitrogens with zero attached hydrogens (tertiary/aromatic N) is 1. The third kappa shape index (κ3) is 3.02. The Morgan fingerprint density at radius 3 is 2.35 bits per heavy atom. The summed E-state index contributed by atoms with van der Waals surface area (Å²) in [5.41, 5.74) is 2.54. The summed E-state index contributed by atoms with van der Waals surface area (Å²) in [7, 11) is 3.38. The third-order valence-electron chi connectivity index (χ3n) is 3.17. The fourth-order valence-electron chi connectivity index (χ4n) is 1.89. The molecule has 0 saturated heterocycles. The first-order valence-corrected chi connectivity index (χ1v) is 7.00. The second-order valence-corrected chi connectivity index (χ2v) is 5.38. The average molecular weight is 334 g/mol. The van der Waals surface area contributed by atoms with Gasteiger partial charge in [0.25, 0.3) is 5.91 Å². The molecular formula is C16H16BrNO2. The Hall–Kier alpha value is -1.81. The van der Waals surface area contributed by atoms with E-state index in [9.17, 15) is 4.79 Å². The van der Waals surface area contributed by atoms with Crippen molar-refractivity contribution in [3.8, 4) is 5.75 Å². The van der Waals surface area contributed by atoms with Crippen molar-refractivity contribution in [3.63, 3.8) is 0 Å². The predicted molar refractivity (Wildman–Crippen MR) is 84.6 cm³/mol. The third-order valence-corrected chi connectivity index (χ3v) is 4.06. The summed E-state index contributed by atoms with van der Waals surface area (Å²) < 4.78 is 6.12. The molecule has 3 nitrogen and oxygen atoms in total. The monoisotopic (exact) mass is 333 g/mol. The summed E-state index contributed by atoms with van der Waals surface area (Å²) in [5, 5.41) is 0. The second kappa shape index (κ2) is 6.09. The Bertz CT molecular complexity index is 623. The van der Waals surface area contributed by atoms with Crippen LogP contribution in [0.25, 0.3) is 0 Å². The molecule has 0 N–H and O–H groups in total. The number of amides is 1. The fourth-order valence-corrected chi connectivity index (χ4v) is 2.14. The van der Waals surface area contributed by atoms with E-state index in [0.717, 1.165) is 21.5 Å². The summed E-state index contributed by atoms with van der Waals surface area (Å²) in [6.07, 6.45) is 0. The molecule has 0 unspecified atom stereocenters. The number of anilines is 1. The van der Waals surface area contributed by atoms with E-state index in [1.807, 2.05) is 49.4 Å². The summed E-state index contributed by atoms with van der Waals surface area (Å²) in [6, 6.07) is 13.0. The van der Waals surface area contributed by atoms with Crippen molar-refractivity contribution in [2.24, 2.45) is 0 Å². The lowest BCUT2D eigenvalue weighted by atomic mass is 10.1. The number of carbonyl (C=O) groups excluding carboxylic acids is 1. The van der Waals surface area contributed by atoms with E-state index >= 15 is 0 Å². The number of aryl methyl sites for hydroxylation is 1. The minimum atomic E-state index is -0.0363. The summed E-state index contributed by atoms with van der Waals surface area (Å²) in [5.74, 6) is 0.736. The highest BCUT2D eigenvalue weighted by Crippen LogP contribution is 2.22. The van der Waals surface area contributed by atoms with Crippen molar-refractivity contribution in [2.45, 2.75) is 6.92 Å². The van der Waals surface area contributed by atoms with Crippen molar-refractivity contribution < 1.29 is 9.53 Å². The van der Waals surface area contributed by atoms with Gasteiger partial charge in [0, 0.05) is 22.8 Å². The molecule has 0 aliphatic heterocycles. The summed E-state index contributed by atoms with van der Waals surface area (Å²) in [4.78, 5) is 14.1. The number of hydrogen-bond donors (Lipinski definition) is 0. The Kier molecular flexibility index (Phi) is 4.45. The zero-order chi connectivity index (χ0) is 14.7. The first kappa shape index (κ1) is 14.6. The van der Waals surface area contributed by atoms with Gasteiger partial charge < -0.3 is 9.64 Å². The SMILES string of the molecule is COc1ccc(N(C)C(=O)c2ccc(Br)c(C)c2)cc1. The van der Waals surface area contributed by atoms with Crippen LogP contribution in [0, 0.1) is 6.92 Å². The number of carbonyl (C=O) groups is 1. The quantitative estimate of drug-likeness (QED) is 0.848. The maximum Gasteiger partial charge on any atom is 0.258 e. The summed E-state index contributed by atoms with van der Waals surface area (Å²) in [6.45, 7) is 1.97. The lowest BCUT2D eigenvalue weighted by Gasteiger charge is -2.18. The van der Waals surface area contributed by atoms with E-state index in [1.54, 1.807) is 19.1 Å². The topological polar surface area (TPSA) is 29.5 Å². The molecule has 0 saturated carbocycles. The molecule has 2 rings (SSSR count). The first-order valence-electron chi connectivity index (χ1n) is 6.21. The van der Waals surface area contributed by atoms with Crippen LogP contribution >= 0.6 is 15.9 Å². The maximum atomic E-state index is 12.4. The van der Waals surface area contributed by atoms with Crippen molar-refractivity contribution in [1.29, 1.82) is 0 Å². The highest BCUT2D eigenvalue weighted by Gasteiger charge is 2.14. The molecule has 1 amide bonds. The van der Waals surface area contributed by atoms with E-state index < -0.39 is 0 Å². The van der Waals surface area contributed by atoms with Crippen LogP contribution in [0.5, 0.6) is 5.75 Å². The van der Waals surface area contributed by atoms with Crippen molar-refractivity contribution in [1.82, 2.24) is 0 Å². The molecule has 0 aromatic heterocycles. The van der Waals surface area contributed by atoms with Gasteiger partial charge in [0.05, 0.1) is 7.11 Å². The molecule has 2 aromatic carbocycles. The van der Waals surface area contributed by atoms with E-state index in [4.69, 9.17) is 4.74 Å². The zero-order valence-electron chi connectivity index (χ0n) is 11.7. The highest BCUT2D eigenvalue weighted by atomic mass is 79.9. The minimum absolute atomic E-state index is 0.0363. The van der Waals surface area contributed by atoms with Gasteiger partial charge in [-0.25, -0.2) is 0 Å². The lowest BCUT2D eigenvalue weighted by Crippen LogP contribution is -2.26. The highest BCUT2D eigenvalue weighted by molar-refractivity contribution is 9.10. The van der Waals surface area contributed by atoms with Crippen LogP contribution in [0.3, 0.4) is 0 Å². The van der Waals surface area contributed by atoms with Gasteiger partial charge in [-0.05, 0) is 55.0 Å². The summed E-state index contributed by atoms with van der Waals surface area (Å²) >= 11 is 3.44. The standard InChI is InChI=1S/C16H16BrNO2/c1-11-10-12(4-9-15(11)17)16(19)18(2)13-5-7-14(20-3)8-6-13/h4-10H,1-3H3. The molecular weight excluding hydrogens is 318 g/mol. The van der Waals surface area contributed by atoms with E-state index in [-0.39, 0.29) is 5.91 Å². The van der Waals surface area contributed by atoms with Gasteiger partial charge >= 0.3 is 0 Å². The molecule has 0 heterocycles. The Morgan fingerprint density at radius 1 is 1.15 bits per heavy atom. The van der Waals surface area contributed by atoms with E-state index in [0.29, 0.717) is 5.56 Å². The van der Waals surface area contributed by atoms with Gasteiger partial charge in [-0.1, -0.05) is 15.9 Å². The van der Waals surface area contributed by atoms with Gasteiger partial charge in [-0.2, -0.15) is 0 Å². The Balaban J connectivity index is 2.24. The number of benzene rings is 2. The average Bonchev–Trinajstić information content (AvgIpc) is 2.48. The number of rotatable bonds is 3. The van der Waals surface area contributed by atoms with E-state index in [1.165, 1.54) is 0 Å². The van der Waals surface area contributed by atoms with Crippen molar-refractivity contribution in [2.75, 3.05) is 19.1 Å². The van der Waals surface area contributed by atoms with Crippen molar-refractivity contribution >= 4 is 27.5 Å². The van der Waals surface area contributed by atoms with Crippen molar-refractivity contribution in [3.05, 3.63) is 58.1 Å². The molecule has 0 aliphatic rings. The number of hydrogen-bond acceptors (Lipinski definition) is 2. The van der Waals surface area contributed by atoms with Crippen LogP contribution in [0.1, 0.15) is 15.9 Å². The zero-order valence-corrected chi connectivity index (χ0v) is 13.3. The van der Waals surface area contributed by atoms with Gasteiger partial charge in [0.1, 0.15) is 5.75 Å².